The average molecular weight is 218 g/mol. The van der Waals surface area contributed by atoms with Crippen LogP contribution < -0.4 is 5.53 Å². The van der Waals surface area contributed by atoms with Gasteiger partial charge in [-0.25, -0.2) is 0 Å². The first-order valence-corrected chi connectivity index (χ1v) is 3.06. The van der Waals surface area contributed by atoms with Crippen molar-refractivity contribution >= 4 is 5.84 Å². The van der Waals surface area contributed by atoms with Gasteiger partial charge in [-0.05, 0) is 10.8 Å². The summed E-state index contributed by atoms with van der Waals surface area (Å²) in [7, 11) is 0. The van der Waals surface area contributed by atoms with Gasteiger partial charge in [0.2, 0.25) is 0 Å². The minimum Gasteiger partial charge on any atom is -0.252 e. The summed E-state index contributed by atoms with van der Waals surface area (Å²) >= 11 is 0. The van der Waals surface area contributed by atoms with E-state index in [-0.39, 0.29) is 0 Å². The molecule has 0 aliphatic carbocycles. The van der Waals surface area contributed by atoms with E-state index in [1.807, 2.05) is 0 Å². The van der Waals surface area contributed by atoms with Gasteiger partial charge in [0.05, 0.1) is 0 Å². The van der Waals surface area contributed by atoms with Gasteiger partial charge in [-0.1, -0.05) is 10.2 Å². The standard InChI is InChI=1S/C2N7O6/c10-7(11)2(8(12)13,9(14)15)1-3-5-6-4-1. The van der Waals surface area contributed by atoms with Gasteiger partial charge in [-0.15, -0.1) is 0 Å². The highest BCUT2D eigenvalue weighted by Gasteiger charge is 2.78. The van der Waals surface area contributed by atoms with Crippen molar-refractivity contribution in [1.82, 2.24) is 5.53 Å². The monoisotopic (exact) mass is 218 g/mol. The Kier molecular flexibility index (Phi) is 2.21. The first-order valence-electron chi connectivity index (χ1n) is 3.06. The molecule has 1 aliphatic rings. The second-order valence-electron chi connectivity index (χ2n) is 2.11. The summed E-state index contributed by atoms with van der Waals surface area (Å²) in [6, 6.07) is 0. The van der Waals surface area contributed by atoms with Crippen molar-refractivity contribution in [3.63, 3.8) is 0 Å². The van der Waals surface area contributed by atoms with Gasteiger partial charge in [0.25, 0.3) is 0 Å². The zero-order valence-electron chi connectivity index (χ0n) is 6.58. The van der Waals surface area contributed by atoms with Crippen LogP contribution in [0.2, 0.25) is 0 Å². The third kappa shape index (κ3) is 1.21. The summed E-state index contributed by atoms with van der Waals surface area (Å²) in [6.07, 6.45) is 0. The van der Waals surface area contributed by atoms with E-state index in [2.05, 4.69) is 21.0 Å². The molecule has 0 aromatic heterocycles. The molecule has 0 saturated carbocycles. The predicted octanol–water partition coefficient (Wildman–Crippen LogP) is -1.23. The molecule has 0 aromatic rings. The van der Waals surface area contributed by atoms with Crippen molar-refractivity contribution in [1.29, 1.82) is 0 Å². The molecule has 1 radical (unpaired) electrons. The molecule has 0 N–H and O–H groups in total. The zero-order valence-corrected chi connectivity index (χ0v) is 6.58. The maximum absolute atomic E-state index is 10.4. The molecule has 0 saturated heterocycles. The van der Waals surface area contributed by atoms with Crippen LogP contribution in [0.3, 0.4) is 0 Å². The van der Waals surface area contributed by atoms with Crippen molar-refractivity contribution in [3.8, 4) is 0 Å². The highest BCUT2D eigenvalue weighted by molar-refractivity contribution is 5.87. The molecule has 0 aromatic carbocycles. The van der Waals surface area contributed by atoms with Crippen LogP contribution in [0.15, 0.2) is 15.4 Å². The number of hydrogen-bond acceptors (Lipinski definition) is 9. The molecule has 13 nitrogen and oxygen atoms in total. The highest BCUT2D eigenvalue weighted by atomic mass is 16.7. The Bertz CT molecular complexity index is 360. The number of nitro groups is 3. The van der Waals surface area contributed by atoms with E-state index in [1.54, 1.807) is 0 Å². The Morgan fingerprint density at radius 2 is 1.47 bits per heavy atom. The Balaban J connectivity index is 3.39. The molecule has 1 rings (SSSR count). The van der Waals surface area contributed by atoms with Crippen molar-refractivity contribution in [2.75, 3.05) is 0 Å². The van der Waals surface area contributed by atoms with Gasteiger partial charge >= 0.3 is 11.6 Å². The quantitative estimate of drug-likeness (QED) is 0.323. The SMILES string of the molecule is O=[N+]([O-])C(C1=N[N]N=N1)([N+](=O)[O-])[N+](=O)[O-]. The van der Waals surface area contributed by atoms with Crippen LogP contribution >= 0.6 is 0 Å². The number of nitrogens with zero attached hydrogens (tertiary/aromatic N) is 7. The van der Waals surface area contributed by atoms with E-state index in [0.29, 0.717) is 0 Å². The first-order chi connectivity index (χ1) is 6.94. The third-order valence-corrected chi connectivity index (χ3v) is 1.38. The summed E-state index contributed by atoms with van der Waals surface area (Å²) in [5, 5.41) is 39.4. The highest BCUT2D eigenvalue weighted by Crippen LogP contribution is 2.17. The number of rotatable bonds is 4. The summed E-state index contributed by atoms with van der Waals surface area (Å²) in [5.41, 5.74) is 2.71. The Hall–Kier alpha value is -2.73. The van der Waals surface area contributed by atoms with Crippen molar-refractivity contribution in [3.05, 3.63) is 30.3 Å². The fourth-order valence-electron chi connectivity index (χ4n) is 0.724. The second-order valence-corrected chi connectivity index (χ2v) is 2.11. The summed E-state index contributed by atoms with van der Waals surface area (Å²) < 4.78 is 0. The van der Waals surface area contributed by atoms with E-state index >= 15 is 0 Å². The summed E-state index contributed by atoms with van der Waals surface area (Å²) in [6.45, 7) is 0. The largest absolute Gasteiger partial charge is 0.767 e. The topological polar surface area (TPSA) is 181 Å². The second kappa shape index (κ2) is 3.20. The van der Waals surface area contributed by atoms with Crippen molar-refractivity contribution < 1.29 is 14.8 Å². The van der Waals surface area contributed by atoms with Crippen LogP contribution in [-0.2, 0) is 0 Å². The number of amidine groups is 1. The van der Waals surface area contributed by atoms with Gasteiger partial charge in [-0.3, -0.25) is 30.3 Å². The molecule has 0 spiro atoms. The molecule has 0 atom stereocenters. The van der Waals surface area contributed by atoms with Crippen LogP contribution in [0, 0.1) is 30.3 Å². The molecular formula is C2N7O6. The molecule has 0 bridgehead atoms. The minimum atomic E-state index is -3.86. The zero-order chi connectivity index (χ0) is 11.6. The molecule has 0 unspecified atom stereocenters. The van der Waals surface area contributed by atoms with Crippen LogP contribution in [-0.4, -0.2) is 26.4 Å². The van der Waals surface area contributed by atoms with Crippen LogP contribution in [0.4, 0.5) is 0 Å². The Labute approximate surface area is 78.9 Å². The van der Waals surface area contributed by atoms with E-state index in [0.717, 1.165) is 0 Å². The maximum Gasteiger partial charge on any atom is 0.767 e. The minimum absolute atomic E-state index is 1.30. The normalized spacial score (nSPS) is 14.3. The fourth-order valence-corrected chi connectivity index (χ4v) is 0.724. The van der Waals surface area contributed by atoms with Crippen LogP contribution in [0.1, 0.15) is 0 Å². The summed E-state index contributed by atoms with van der Waals surface area (Å²) in [5.74, 6) is -5.16. The molecule has 1 heterocycles. The molecular weight excluding hydrogens is 218 g/mol. The van der Waals surface area contributed by atoms with Gasteiger partial charge < -0.3 is 0 Å². The van der Waals surface area contributed by atoms with Gasteiger partial charge in [-0.2, -0.15) is 0 Å². The Morgan fingerprint density at radius 3 is 1.73 bits per heavy atom. The molecule has 79 valence electrons. The maximum atomic E-state index is 10.4. The predicted molar refractivity (Wildman–Crippen MR) is 38.1 cm³/mol. The average Bonchev–Trinajstić information content (AvgIpc) is 2.55. The van der Waals surface area contributed by atoms with Crippen LogP contribution in [0.5, 0.6) is 0 Å². The van der Waals surface area contributed by atoms with E-state index < -0.39 is 26.4 Å². The van der Waals surface area contributed by atoms with Gasteiger partial charge in [0.1, 0.15) is 0 Å². The molecule has 13 heteroatoms. The van der Waals surface area contributed by atoms with Gasteiger partial charge in [0, 0.05) is 0 Å². The molecule has 1 aliphatic heterocycles. The smallest absolute Gasteiger partial charge is 0.252 e. The van der Waals surface area contributed by atoms with Gasteiger partial charge in [0.15, 0.2) is 14.8 Å². The fraction of sp³-hybridized carbons (Fsp3) is 0.500. The lowest BCUT2D eigenvalue weighted by Crippen LogP contribution is -2.58. The number of hydrogen-bond donors (Lipinski definition) is 0. The lowest BCUT2D eigenvalue weighted by molar-refractivity contribution is -0.945. The van der Waals surface area contributed by atoms with Crippen LogP contribution in [0.25, 0.3) is 0 Å². The van der Waals surface area contributed by atoms with Crippen molar-refractivity contribution in [2.45, 2.75) is 5.79 Å². The van der Waals surface area contributed by atoms with E-state index in [4.69, 9.17) is 0 Å². The lowest BCUT2D eigenvalue weighted by Gasteiger charge is -2.04. The van der Waals surface area contributed by atoms with E-state index in [9.17, 15) is 30.3 Å². The lowest BCUT2D eigenvalue weighted by atomic mass is 10.3. The van der Waals surface area contributed by atoms with E-state index in [1.165, 1.54) is 0 Å². The summed E-state index contributed by atoms with van der Waals surface area (Å²) in [4.78, 5) is 26.0. The van der Waals surface area contributed by atoms with Crippen molar-refractivity contribution in [2.24, 2.45) is 15.4 Å². The molecule has 0 fully saturated rings. The third-order valence-electron chi connectivity index (χ3n) is 1.38. The first kappa shape index (κ1) is 10.4. The molecule has 0 amide bonds. The molecule has 15 heavy (non-hydrogen) atoms. The Morgan fingerprint density at radius 1 is 1.00 bits per heavy atom.